The van der Waals surface area contributed by atoms with Crippen LogP contribution in [0.25, 0.3) is 11.2 Å². The van der Waals surface area contributed by atoms with Gasteiger partial charge in [0, 0.05) is 25.4 Å². The Kier molecular flexibility index (Phi) is 7.37. The molecule has 3 aromatic heterocycles. The number of rotatable bonds is 6. The summed E-state index contributed by atoms with van der Waals surface area (Å²) in [6, 6.07) is 13.9. The highest BCUT2D eigenvalue weighted by Crippen LogP contribution is 2.38. The Morgan fingerprint density at radius 2 is 1.82 bits per heavy atom. The molecular weight excluding hydrogens is 523 g/mol. The molecule has 4 aromatic rings. The van der Waals surface area contributed by atoms with Crippen LogP contribution in [0.5, 0.6) is 11.8 Å². The molecule has 1 atom stereocenters. The van der Waals surface area contributed by atoms with Crippen LogP contribution in [0, 0.1) is 11.8 Å². The number of nitrogens with zero attached hydrogens (tertiary/aromatic N) is 6. The van der Waals surface area contributed by atoms with Crippen LogP contribution in [-0.4, -0.2) is 44.3 Å². The van der Waals surface area contributed by atoms with Gasteiger partial charge in [0.1, 0.15) is 0 Å². The monoisotopic (exact) mass is 552 g/mol. The summed E-state index contributed by atoms with van der Waals surface area (Å²) in [7, 11) is 0. The lowest BCUT2D eigenvalue weighted by Gasteiger charge is -2.37. The highest BCUT2D eigenvalue weighted by molar-refractivity contribution is 6.30. The summed E-state index contributed by atoms with van der Waals surface area (Å²) < 4.78 is 14.3. The maximum Gasteiger partial charge on any atom is 0.252 e. The van der Waals surface area contributed by atoms with Gasteiger partial charge < -0.3 is 18.9 Å². The van der Waals surface area contributed by atoms with Gasteiger partial charge in [-0.25, -0.2) is 4.98 Å². The zero-order valence-electron chi connectivity index (χ0n) is 21.3. The van der Waals surface area contributed by atoms with E-state index in [1.54, 1.807) is 18.3 Å². The quantitative estimate of drug-likeness (QED) is 0.245. The molecule has 0 radical (unpaired) electrons. The van der Waals surface area contributed by atoms with Gasteiger partial charge in [-0.15, -0.1) is 0 Å². The number of benzene rings is 1. The Hall–Kier alpha value is -2.94. The van der Waals surface area contributed by atoms with Crippen molar-refractivity contribution in [2.24, 2.45) is 11.8 Å². The summed E-state index contributed by atoms with van der Waals surface area (Å²) in [5.74, 6) is 2.84. The average Bonchev–Trinajstić information content (AvgIpc) is 3.29. The molecule has 6 rings (SSSR count). The standard InChI is InChI=1S/C28H30Cl2N6O2/c1-18-7-9-19(10-8-18)16-36-24-25(32-27(30)34-26(24)38-23-12-11-21(29)15-31-23)33-28(36)35-13-14-37-17-22(35)20-5-3-2-4-6-20/h2-6,11-12,15,18-19,22H,7-10,13-14,16-17H2,1H3. The van der Waals surface area contributed by atoms with E-state index in [0.717, 1.165) is 23.9 Å². The molecule has 1 aliphatic heterocycles. The third-order valence-electron chi connectivity index (χ3n) is 7.57. The molecule has 2 aliphatic rings. The van der Waals surface area contributed by atoms with Gasteiger partial charge in [-0.2, -0.15) is 15.0 Å². The first-order chi connectivity index (χ1) is 18.5. The number of aromatic nitrogens is 5. The molecule has 1 aliphatic carbocycles. The number of fused-ring (bicyclic) bond motifs is 1. The van der Waals surface area contributed by atoms with E-state index in [9.17, 15) is 0 Å². The van der Waals surface area contributed by atoms with Crippen molar-refractivity contribution in [2.75, 3.05) is 24.7 Å². The topological polar surface area (TPSA) is 78.2 Å². The number of pyridine rings is 1. The summed E-state index contributed by atoms with van der Waals surface area (Å²) in [5.41, 5.74) is 2.41. The van der Waals surface area contributed by atoms with Crippen LogP contribution in [0.1, 0.15) is 44.2 Å². The second kappa shape index (κ2) is 11.0. The highest BCUT2D eigenvalue weighted by Gasteiger charge is 2.32. The summed E-state index contributed by atoms with van der Waals surface area (Å²) in [6.45, 7) is 5.05. The van der Waals surface area contributed by atoms with Crippen molar-refractivity contribution in [3.05, 3.63) is 64.5 Å². The van der Waals surface area contributed by atoms with E-state index >= 15 is 0 Å². The lowest BCUT2D eigenvalue weighted by Crippen LogP contribution is -2.41. The maximum absolute atomic E-state index is 6.37. The van der Waals surface area contributed by atoms with Crippen molar-refractivity contribution in [3.8, 4) is 11.8 Å². The van der Waals surface area contributed by atoms with Crippen LogP contribution in [0.15, 0.2) is 48.7 Å². The third-order valence-corrected chi connectivity index (χ3v) is 7.96. The molecule has 0 spiro atoms. The molecule has 0 bridgehead atoms. The van der Waals surface area contributed by atoms with Crippen LogP contribution in [0.4, 0.5) is 5.95 Å². The highest BCUT2D eigenvalue weighted by atomic mass is 35.5. The minimum Gasteiger partial charge on any atom is -0.418 e. The van der Waals surface area contributed by atoms with Gasteiger partial charge in [-0.3, -0.25) is 0 Å². The molecule has 1 unspecified atom stereocenters. The van der Waals surface area contributed by atoms with E-state index < -0.39 is 0 Å². The molecule has 0 amide bonds. The first-order valence-electron chi connectivity index (χ1n) is 13.2. The first-order valence-corrected chi connectivity index (χ1v) is 13.9. The fraction of sp³-hybridized carbons (Fsp3) is 0.429. The van der Waals surface area contributed by atoms with E-state index in [1.807, 2.05) is 6.07 Å². The SMILES string of the molecule is CC1CCC(Cn2c(N3CCOCC3c3ccccc3)nc3nc(Cl)nc(Oc4ccc(Cl)cn4)c32)CC1. The van der Waals surface area contributed by atoms with Crippen LogP contribution >= 0.6 is 23.2 Å². The average molecular weight is 553 g/mol. The van der Waals surface area contributed by atoms with Gasteiger partial charge in [-0.1, -0.05) is 61.7 Å². The summed E-state index contributed by atoms with van der Waals surface area (Å²) in [5, 5.41) is 0.604. The Labute approximate surface area is 231 Å². The molecule has 0 N–H and O–H groups in total. The zero-order valence-corrected chi connectivity index (χ0v) is 22.8. The summed E-state index contributed by atoms with van der Waals surface area (Å²) in [4.78, 5) is 20.7. The number of imidazole rings is 1. The van der Waals surface area contributed by atoms with Crippen molar-refractivity contribution in [2.45, 2.75) is 45.2 Å². The van der Waals surface area contributed by atoms with E-state index in [1.165, 1.54) is 31.2 Å². The largest absolute Gasteiger partial charge is 0.418 e. The van der Waals surface area contributed by atoms with Crippen LogP contribution < -0.4 is 9.64 Å². The van der Waals surface area contributed by atoms with Gasteiger partial charge in [0.2, 0.25) is 17.1 Å². The number of anilines is 1. The van der Waals surface area contributed by atoms with E-state index in [2.05, 4.69) is 55.6 Å². The van der Waals surface area contributed by atoms with Crippen LogP contribution in [0.3, 0.4) is 0 Å². The molecule has 38 heavy (non-hydrogen) atoms. The predicted molar refractivity (Wildman–Crippen MR) is 148 cm³/mol. The van der Waals surface area contributed by atoms with E-state index in [-0.39, 0.29) is 11.3 Å². The van der Waals surface area contributed by atoms with Crippen LogP contribution in [-0.2, 0) is 11.3 Å². The fourth-order valence-electron chi connectivity index (χ4n) is 5.52. The molecular formula is C28H30Cl2N6O2. The molecule has 1 aromatic carbocycles. The van der Waals surface area contributed by atoms with Crippen molar-refractivity contribution in [3.63, 3.8) is 0 Å². The lowest BCUT2D eigenvalue weighted by molar-refractivity contribution is 0.0927. The van der Waals surface area contributed by atoms with Gasteiger partial charge >= 0.3 is 0 Å². The number of morpholine rings is 1. The lowest BCUT2D eigenvalue weighted by atomic mass is 9.83. The minimum atomic E-state index is 0.0256. The molecule has 10 heteroatoms. The number of halogens is 2. The van der Waals surface area contributed by atoms with Crippen LogP contribution in [0.2, 0.25) is 10.3 Å². The van der Waals surface area contributed by atoms with Crippen molar-refractivity contribution in [1.82, 2.24) is 24.5 Å². The second-order valence-corrected chi connectivity index (χ2v) is 11.0. The third kappa shape index (κ3) is 5.30. The number of hydrogen-bond acceptors (Lipinski definition) is 7. The minimum absolute atomic E-state index is 0.0256. The normalized spacial score (nSPS) is 22.1. The molecule has 8 nitrogen and oxygen atoms in total. The predicted octanol–water partition coefficient (Wildman–Crippen LogP) is 6.72. The Morgan fingerprint density at radius 3 is 2.58 bits per heavy atom. The molecule has 198 valence electrons. The van der Waals surface area contributed by atoms with Crippen molar-refractivity contribution in [1.29, 1.82) is 0 Å². The fourth-order valence-corrected chi connectivity index (χ4v) is 5.78. The second-order valence-electron chi connectivity index (χ2n) is 10.2. The van der Waals surface area contributed by atoms with Gasteiger partial charge in [0.25, 0.3) is 5.88 Å². The number of hydrogen-bond donors (Lipinski definition) is 0. The van der Waals surface area contributed by atoms with Gasteiger partial charge in [-0.05, 0) is 47.9 Å². The first kappa shape index (κ1) is 25.3. The van der Waals surface area contributed by atoms with Crippen molar-refractivity contribution >= 4 is 40.3 Å². The van der Waals surface area contributed by atoms with E-state index in [0.29, 0.717) is 48.1 Å². The molecule has 1 saturated heterocycles. The zero-order chi connectivity index (χ0) is 26.1. The van der Waals surface area contributed by atoms with Gasteiger partial charge in [0.15, 0.2) is 11.2 Å². The number of ether oxygens (including phenoxy) is 2. The molecule has 4 heterocycles. The summed E-state index contributed by atoms with van der Waals surface area (Å²) >= 11 is 12.4. The molecule has 1 saturated carbocycles. The summed E-state index contributed by atoms with van der Waals surface area (Å²) in [6.07, 6.45) is 6.36. The van der Waals surface area contributed by atoms with Gasteiger partial charge in [0.05, 0.1) is 24.3 Å². The Balaban J connectivity index is 1.47. The Bertz CT molecular complexity index is 1390. The van der Waals surface area contributed by atoms with E-state index in [4.69, 9.17) is 37.7 Å². The Morgan fingerprint density at radius 1 is 1.00 bits per heavy atom. The smallest absolute Gasteiger partial charge is 0.252 e. The van der Waals surface area contributed by atoms with Crippen molar-refractivity contribution < 1.29 is 9.47 Å². The molecule has 2 fully saturated rings. The maximum atomic E-state index is 6.37.